The van der Waals surface area contributed by atoms with E-state index in [9.17, 15) is 12.8 Å². The second-order valence-corrected chi connectivity index (χ2v) is 14.2. The van der Waals surface area contributed by atoms with Crippen molar-refractivity contribution in [3.8, 4) is 17.2 Å². The number of methoxy groups -OCH3 is 1. The molecule has 0 amide bonds. The Morgan fingerprint density at radius 2 is 1.64 bits per heavy atom. The standard InChI is InChI=1S/C32H36Cl2F2N4O4S/c1-32(2,21-8-13-25(33)28(16-21)43-6)29-19-37-30(40(29)23-11-9-22(35)10-12-23)20-44-31-26(34)17-24(18-27(31)36)45(41,42)39(5)15-7-14-38(3)4/h8-13,16-19H,7,14-15,20H2,1-6H3. The zero-order valence-corrected chi connectivity index (χ0v) is 28.3. The molecule has 0 spiro atoms. The third-order valence-corrected chi connectivity index (χ3v) is 9.96. The Morgan fingerprint density at radius 3 is 2.27 bits per heavy atom. The largest absolute Gasteiger partial charge is 0.495 e. The number of sulfonamides is 1. The summed E-state index contributed by atoms with van der Waals surface area (Å²) in [6.45, 7) is 4.70. The molecule has 13 heteroatoms. The van der Waals surface area contributed by atoms with Crippen molar-refractivity contribution in [1.29, 1.82) is 0 Å². The van der Waals surface area contributed by atoms with Gasteiger partial charge < -0.3 is 14.4 Å². The zero-order valence-electron chi connectivity index (χ0n) is 25.9. The molecule has 4 rings (SSSR count). The highest BCUT2D eigenvalue weighted by Gasteiger charge is 2.31. The Balaban J connectivity index is 1.67. The third-order valence-electron chi connectivity index (χ3n) is 7.54. The first-order valence-electron chi connectivity index (χ1n) is 14.1. The van der Waals surface area contributed by atoms with Crippen LogP contribution in [0, 0.1) is 11.6 Å². The van der Waals surface area contributed by atoms with Crippen LogP contribution in [0.15, 0.2) is 65.7 Å². The fraction of sp³-hybridized carbons (Fsp3) is 0.344. The van der Waals surface area contributed by atoms with Gasteiger partial charge in [-0.2, -0.15) is 0 Å². The topological polar surface area (TPSA) is 76.9 Å². The van der Waals surface area contributed by atoms with Gasteiger partial charge in [0.05, 0.1) is 27.7 Å². The summed E-state index contributed by atoms with van der Waals surface area (Å²) in [4.78, 5) is 6.25. The molecule has 0 bridgehead atoms. The SMILES string of the molecule is COc1cc(C(C)(C)c2cnc(COc3c(F)cc(S(=O)(=O)N(C)CCCN(C)C)cc3Cl)n2-c2ccc(F)cc2)ccc1Cl. The van der Waals surface area contributed by atoms with Crippen LogP contribution in [0.25, 0.3) is 5.69 Å². The summed E-state index contributed by atoms with van der Waals surface area (Å²) >= 11 is 12.7. The van der Waals surface area contributed by atoms with Crippen molar-refractivity contribution in [3.05, 3.63) is 99.6 Å². The van der Waals surface area contributed by atoms with E-state index in [2.05, 4.69) is 4.98 Å². The number of aromatic nitrogens is 2. The van der Waals surface area contributed by atoms with Crippen molar-refractivity contribution in [1.82, 2.24) is 18.8 Å². The molecular weight excluding hydrogens is 645 g/mol. The summed E-state index contributed by atoms with van der Waals surface area (Å²) in [5, 5.41) is 0.260. The lowest BCUT2D eigenvalue weighted by Crippen LogP contribution is -2.30. The van der Waals surface area contributed by atoms with Crippen LogP contribution in [0.1, 0.15) is 37.4 Å². The molecule has 0 fully saturated rings. The first-order chi connectivity index (χ1) is 21.2. The van der Waals surface area contributed by atoms with E-state index in [1.807, 2.05) is 45.0 Å². The van der Waals surface area contributed by atoms with E-state index in [-0.39, 0.29) is 28.8 Å². The lowest BCUT2D eigenvalue weighted by Gasteiger charge is -2.28. The second kappa shape index (κ2) is 14.0. The third kappa shape index (κ3) is 7.61. The van der Waals surface area contributed by atoms with Gasteiger partial charge in [-0.05, 0) is 81.2 Å². The maximum atomic E-state index is 15.4. The van der Waals surface area contributed by atoms with E-state index >= 15 is 4.39 Å². The molecular formula is C32H36Cl2F2N4O4S. The number of benzene rings is 3. The van der Waals surface area contributed by atoms with E-state index in [1.165, 1.54) is 36.7 Å². The number of rotatable bonds is 13. The fourth-order valence-electron chi connectivity index (χ4n) is 4.88. The quantitative estimate of drug-likeness (QED) is 0.152. The van der Waals surface area contributed by atoms with Crippen LogP contribution in [-0.2, 0) is 22.0 Å². The summed E-state index contributed by atoms with van der Waals surface area (Å²) < 4.78 is 69.7. The van der Waals surface area contributed by atoms with Crippen molar-refractivity contribution >= 4 is 33.2 Å². The minimum Gasteiger partial charge on any atom is -0.495 e. The minimum absolute atomic E-state index is 0.205. The molecule has 0 radical (unpaired) electrons. The number of hydrogen-bond acceptors (Lipinski definition) is 6. The predicted molar refractivity (Wildman–Crippen MR) is 172 cm³/mol. The molecule has 45 heavy (non-hydrogen) atoms. The molecule has 0 atom stereocenters. The van der Waals surface area contributed by atoms with Gasteiger partial charge in [0.15, 0.2) is 17.4 Å². The van der Waals surface area contributed by atoms with Crippen LogP contribution < -0.4 is 9.47 Å². The predicted octanol–water partition coefficient (Wildman–Crippen LogP) is 6.94. The van der Waals surface area contributed by atoms with Gasteiger partial charge in [0.2, 0.25) is 10.0 Å². The lowest BCUT2D eigenvalue weighted by atomic mass is 9.81. The van der Waals surface area contributed by atoms with Crippen molar-refractivity contribution in [2.24, 2.45) is 0 Å². The Labute approximate surface area is 273 Å². The average Bonchev–Trinajstić information content (AvgIpc) is 3.41. The van der Waals surface area contributed by atoms with E-state index in [0.717, 1.165) is 17.3 Å². The summed E-state index contributed by atoms with van der Waals surface area (Å²) in [5.41, 5.74) is 1.54. The van der Waals surface area contributed by atoms with E-state index in [1.54, 1.807) is 29.0 Å². The number of imidazole rings is 1. The lowest BCUT2D eigenvalue weighted by molar-refractivity contribution is 0.278. The van der Waals surface area contributed by atoms with Crippen molar-refractivity contribution in [2.45, 2.75) is 37.2 Å². The molecule has 242 valence electrons. The van der Waals surface area contributed by atoms with Gasteiger partial charge in [-0.1, -0.05) is 43.1 Å². The van der Waals surface area contributed by atoms with Gasteiger partial charge in [-0.25, -0.2) is 26.5 Å². The highest BCUT2D eigenvalue weighted by molar-refractivity contribution is 7.89. The van der Waals surface area contributed by atoms with Crippen LogP contribution in [0.5, 0.6) is 11.5 Å². The Bertz CT molecular complexity index is 1740. The molecule has 0 saturated carbocycles. The van der Waals surface area contributed by atoms with Crippen LogP contribution in [0.3, 0.4) is 0 Å². The molecule has 0 aliphatic rings. The maximum Gasteiger partial charge on any atom is 0.242 e. The summed E-state index contributed by atoms with van der Waals surface area (Å²) in [6.07, 6.45) is 2.27. The van der Waals surface area contributed by atoms with Crippen molar-refractivity contribution < 1.29 is 26.7 Å². The highest BCUT2D eigenvalue weighted by Crippen LogP contribution is 2.38. The summed E-state index contributed by atoms with van der Waals surface area (Å²) in [6, 6.07) is 13.4. The highest BCUT2D eigenvalue weighted by atomic mass is 35.5. The number of halogens is 4. The minimum atomic E-state index is -3.99. The molecule has 1 aromatic heterocycles. The van der Waals surface area contributed by atoms with E-state index < -0.39 is 27.1 Å². The monoisotopic (exact) mass is 680 g/mol. The summed E-state index contributed by atoms with van der Waals surface area (Å²) in [5.74, 6) is -0.779. The van der Waals surface area contributed by atoms with Gasteiger partial charge in [0.1, 0.15) is 18.2 Å². The van der Waals surface area contributed by atoms with Gasteiger partial charge >= 0.3 is 0 Å². The Kier molecular flexibility index (Phi) is 10.8. The molecule has 3 aromatic carbocycles. The molecule has 1 heterocycles. The van der Waals surface area contributed by atoms with Gasteiger partial charge in [0.25, 0.3) is 0 Å². The van der Waals surface area contributed by atoms with E-state index in [4.69, 9.17) is 32.7 Å². The normalized spacial score (nSPS) is 12.3. The van der Waals surface area contributed by atoms with E-state index in [0.29, 0.717) is 35.2 Å². The van der Waals surface area contributed by atoms with Gasteiger partial charge in [-0.3, -0.25) is 4.57 Å². The number of hydrogen-bond donors (Lipinski definition) is 0. The number of ether oxygens (including phenoxy) is 2. The first-order valence-corrected chi connectivity index (χ1v) is 16.3. The van der Waals surface area contributed by atoms with Crippen molar-refractivity contribution in [3.63, 3.8) is 0 Å². The Hall–Kier alpha value is -3.22. The second-order valence-electron chi connectivity index (χ2n) is 11.3. The smallest absolute Gasteiger partial charge is 0.242 e. The molecule has 0 N–H and O–H groups in total. The molecule has 0 aliphatic heterocycles. The maximum absolute atomic E-state index is 15.4. The number of nitrogens with zero attached hydrogens (tertiary/aromatic N) is 4. The van der Waals surface area contributed by atoms with Crippen LogP contribution in [-0.4, -0.2) is 68.5 Å². The average molecular weight is 682 g/mol. The molecule has 0 saturated heterocycles. The molecule has 8 nitrogen and oxygen atoms in total. The van der Waals surface area contributed by atoms with Crippen molar-refractivity contribution in [2.75, 3.05) is 41.3 Å². The van der Waals surface area contributed by atoms with Crippen LogP contribution in [0.2, 0.25) is 10.0 Å². The Morgan fingerprint density at radius 1 is 0.956 bits per heavy atom. The van der Waals surface area contributed by atoms with Crippen LogP contribution in [0.4, 0.5) is 8.78 Å². The zero-order chi connectivity index (χ0) is 33.1. The first kappa shape index (κ1) is 34.6. The van der Waals surface area contributed by atoms with Crippen LogP contribution >= 0.6 is 23.2 Å². The summed E-state index contributed by atoms with van der Waals surface area (Å²) in [7, 11) is 2.78. The molecule has 4 aromatic rings. The molecule has 0 unspecified atom stereocenters. The van der Waals surface area contributed by atoms with Gasteiger partial charge in [-0.15, -0.1) is 0 Å². The van der Waals surface area contributed by atoms with Gasteiger partial charge in [0, 0.05) is 30.9 Å². The molecule has 0 aliphatic carbocycles. The fourth-order valence-corrected chi connectivity index (χ4v) is 6.65.